The Hall–Kier alpha value is -2.58. The van der Waals surface area contributed by atoms with Gasteiger partial charge in [-0.3, -0.25) is 9.69 Å². The number of halogens is 3. The van der Waals surface area contributed by atoms with Crippen molar-refractivity contribution in [2.24, 2.45) is 0 Å². The van der Waals surface area contributed by atoms with Crippen molar-refractivity contribution < 1.29 is 22.7 Å². The Kier molecular flexibility index (Phi) is 8.60. The Balaban J connectivity index is 1.68. The maximum absolute atomic E-state index is 12.9. The van der Waals surface area contributed by atoms with Crippen LogP contribution in [0.1, 0.15) is 47.9 Å². The lowest BCUT2D eigenvalue weighted by atomic mass is 10.0. The summed E-state index contributed by atoms with van der Waals surface area (Å²) in [6.07, 6.45) is -4.17. The molecule has 1 aliphatic rings. The van der Waals surface area contributed by atoms with Crippen LogP contribution >= 0.6 is 0 Å². The summed E-state index contributed by atoms with van der Waals surface area (Å²) in [4.78, 5) is 19.1. The third kappa shape index (κ3) is 6.96. The molecule has 0 spiro atoms. The first-order valence-electron chi connectivity index (χ1n) is 11.7. The minimum atomic E-state index is -4.37. The minimum absolute atomic E-state index is 0.00172. The van der Waals surface area contributed by atoms with Gasteiger partial charge in [0.25, 0.3) is 5.91 Å². The van der Waals surface area contributed by atoms with Crippen LogP contribution in [0.25, 0.3) is 0 Å². The molecule has 2 aromatic carbocycles. The van der Waals surface area contributed by atoms with Crippen molar-refractivity contribution in [1.82, 2.24) is 14.7 Å². The van der Waals surface area contributed by atoms with Gasteiger partial charge in [0.2, 0.25) is 0 Å². The van der Waals surface area contributed by atoms with E-state index in [0.29, 0.717) is 49.0 Å². The number of nitrogens with zero attached hydrogens (tertiary/aromatic N) is 3. The number of alkyl halides is 3. The van der Waals surface area contributed by atoms with Gasteiger partial charge in [-0.15, -0.1) is 0 Å². The smallest absolute Gasteiger partial charge is 0.416 e. The van der Waals surface area contributed by atoms with Crippen LogP contribution in [0.4, 0.5) is 13.2 Å². The molecular weight excluding hydrogens is 443 g/mol. The number of rotatable bonds is 8. The Morgan fingerprint density at radius 3 is 2.06 bits per heavy atom. The fraction of sp³-hybridized carbons (Fsp3) is 0.500. The van der Waals surface area contributed by atoms with Crippen molar-refractivity contribution in [3.63, 3.8) is 0 Å². The van der Waals surface area contributed by atoms with E-state index in [-0.39, 0.29) is 5.91 Å². The van der Waals surface area contributed by atoms with Gasteiger partial charge in [0.15, 0.2) is 0 Å². The van der Waals surface area contributed by atoms with Crippen LogP contribution in [0.3, 0.4) is 0 Å². The number of hydrogen-bond acceptors (Lipinski definition) is 4. The second-order valence-corrected chi connectivity index (χ2v) is 9.26. The molecule has 1 aliphatic heterocycles. The molecule has 1 unspecified atom stereocenters. The molecule has 1 fully saturated rings. The van der Waals surface area contributed by atoms with Crippen LogP contribution in [0, 0.1) is 0 Å². The summed E-state index contributed by atoms with van der Waals surface area (Å²) < 4.78 is 45.0. The van der Waals surface area contributed by atoms with E-state index in [1.54, 1.807) is 24.3 Å². The van der Waals surface area contributed by atoms with Crippen LogP contribution in [0.15, 0.2) is 48.5 Å². The first-order valence-corrected chi connectivity index (χ1v) is 11.7. The molecule has 0 aliphatic carbocycles. The van der Waals surface area contributed by atoms with Crippen LogP contribution in [0.5, 0.6) is 5.75 Å². The minimum Gasteiger partial charge on any atom is -0.486 e. The van der Waals surface area contributed by atoms with Crippen molar-refractivity contribution in [2.75, 3.05) is 46.8 Å². The molecule has 0 radical (unpaired) electrons. The second-order valence-electron chi connectivity index (χ2n) is 9.26. The summed E-state index contributed by atoms with van der Waals surface area (Å²) in [5.41, 5.74) is 0.599. The van der Waals surface area contributed by atoms with Gasteiger partial charge in [-0.1, -0.05) is 12.1 Å². The van der Waals surface area contributed by atoms with Crippen molar-refractivity contribution in [2.45, 2.75) is 38.6 Å². The predicted molar refractivity (Wildman–Crippen MR) is 127 cm³/mol. The first-order chi connectivity index (χ1) is 16.0. The molecule has 0 bridgehead atoms. The number of hydrogen-bond donors (Lipinski definition) is 0. The lowest BCUT2D eigenvalue weighted by molar-refractivity contribution is -0.137. The molecule has 1 atom stereocenters. The zero-order valence-corrected chi connectivity index (χ0v) is 20.3. The predicted octanol–water partition coefficient (Wildman–Crippen LogP) is 4.94. The topological polar surface area (TPSA) is 36.0 Å². The van der Waals surface area contributed by atoms with Crippen LogP contribution in [-0.2, 0) is 6.18 Å². The van der Waals surface area contributed by atoms with E-state index < -0.39 is 17.8 Å². The second kappa shape index (κ2) is 11.2. The monoisotopic (exact) mass is 477 g/mol. The number of benzene rings is 2. The molecule has 1 heterocycles. The van der Waals surface area contributed by atoms with Gasteiger partial charge in [0.05, 0.1) is 5.56 Å². The highest BCUT2D eigenvalue weighted by molar-refractivity contribution is 5.94. The van der Waals surface area contributed by atoms with E-state index in [4.69, 9.17) is 4.74 Å². The molecule has 0 N–H and O–H groups in total. The summed E-state index contributed by atoms with van der Waals surface area (Å²) in [7, 11) is 3.87. The standard InChI is InChI=1S/C26H34F3N3O2/c1-19(2)31-15-17-32(18-16-31)25(33)21-7-11-23(12-8-21)34-24(13-14-30(3)4)20-5-9-22(10-6-20)26(27,28)29/h5-12,19,24H,13-18H2,1-4H3. The largest absolute Gasteiger partial charge is 0.486 e. The molecule has 2 aromatic rings. The van der Waals surface area contributed by atoms with E-state index in [1.165, 1.54) is 12.1 Å². The molecule has 1 amide bonds. The van der Waals surface area contributed by atoms with Gasteiger partial charge in [-0.2, -0.15) is 13.2 Å². The van der Waals surface area contributed by atoms with Crippen molar-refractivity contribution in [3.8, 4) is 5.75 Å². The van der Waals surface area contributed by atoms with Crippen molar-refractivity contribution in [3.05, 3.63) is 65.2 Å². The number of carbonyl (C=O) groups excluding carboxylic acids is 1. The summed E-state index contributed by atoms with van der Waals surface area (Å²) in [6.45, 7) is 8.17. The highest BCUT2D eigenvalue weighted by Gasteiger charge is 2.30. The van der Waals surface area contributed by atoms with Gasteiger partial charge in [-0.05, 0) is 69.9 Å². The van der Waals surface area contributed by atoms with E-state index in [1.807, 2.05) is 23.9 Å². The quantitative estimate of drug-likeness (QED) is 0.540. The van der Waals surface area contributed by atoms with E-state index in [2.05, 4.69) is 18.7 Å². The Morgan fingerprint density at radius 1 is 0.971 bits per heavy atom. The average molecular weight is 478 g/mol. The zero-order chi connectivity index (χ0) is 24.9. The number of amides is 1. The molecule has 1 saturated heterocycles. The zero-order valence-electron chi connectivity index (χ0n) is 20.3. The number of ether oxygens (including phenoxy) is 1. The molecule has 5 nitrogen and oxygen atoms in total. The molecule has 0 saturated carbocycles. The van der Waals surface area contributed by atoms with Crippen LogP contribution in [0.2, 0.25) is 0 Å². The van der Waals surface area contributed by atoms with Gasteiger partial charge in [0.1, 0.15) is 11.9 Å². The van der Waals surface area contributed by atoms with E-state index >= 15 is 0 Å². The highest BCUT2D eigenvalue weighted by Crippen LogP contribution is 2.32. The summed E-state index contributed by atoms with van der Waals surface area (Å²) in [5, 5.41) is 0. The first kappa shape index (κ1) is 26.0. The van der Waals surface area contributed by atoms with Crippen LogP contribution < -0.4 is 4.74 Å². The third-order valence-corrected chi connectivity index (χ3v) is 6.16. The maximum atomic E-state index is 12.9. The fourth-order valence-electron chi connectivity index (χ4n) is 4.02. The number of piperazine rings is 1. The summed E-state index contributed by atoms with van der Waals surface area (Å²) in [6, 6.07) is 12.6. The normalized spacial score (nSPS) is 16.2. The molecule has 8 heteroatoms. The van der Waals surface area contributed by atoms with Gasteiger partial charge in [-0.25, -0.2) is 0 Å². The van der Waals surface area contributed by atoms with Gasteiger partial charge in [0, 0.05) is 50.7 Å². The Bertz CT molecular complexity index is 920. The van der Waals surface area contributed by atoms with Gasteiger partial charge >= 0.3 is 6.18 Å². The van der Waals surface area contributed by atoms with Crippen LogP contribution in [-0.4, -0.2) is 73.5 Å². The highest BCUT2D eigenvalue weighted by atomic mass is 19.4. The van der Waals surface area contributed by atoms with Gasteiger partial charge < -0.3 is 14.5 Å². The molecule has 0 aromatic heterocycles. The number of carbonyl (C=O) groups is 1. The van der Waals surface area contributed by atoms with Crippen molar-refractivity contribution >= 4 is 5.91 Å². The molecule has 3 rings (SSSR count). The average Bonchev–Trinajstić information content (AvgIpc) is 2.81. The Morgan fingerprint density at radius 2 is 1.56 bits per heavy atom. The molecule has 34 heavy (non-hydrogen) atoms. The lowest BCUT2D eigenvalue weighted by Gasteiger charge is -2.37. The maximum Gasteiger partial charge on any atom is 0.416 e. The lowest BCUT2D eigenvalue weighted by Crippen LogP contribution is -2.50. The molecule has 186 valence electrons. The summed E-state index contributed by atoms with van der Waals surface area (Å²) in [5.74, 6) is 0.576. The van der Waals surface area contributed by atoms with E-state index in [9.17, 15) is 18.0 Å². The SMILES string of the molecule is CC(C)N1CCN(C(=O)c2ccc(OC(CCN(C)C)c3ccc(C(F)(F)F)cc3)cc2)CC1. The fourth-order valence-corrected chi connectivity index (χ4v) is 4.02. The van der Waals surface area contributed by atoms with E-state index in [0.717, 1.165) is 25.2 Å². The van der Waals surface area contributed by atoms with Crippen molar-refractivity contribution in [1.29, 1.82) is 0 Å². The Labute approximate surface area is 200 Å². The summed E-state index contributed by atoms with van der Waals surface area (Å²) >= 11 is 0. The molecular formula is C26H34F3N3O2. The third-order valence-electron chi connectivity index (χ3n) is 6.16.